The molecule has 0 saturated heterocycles. The number of methoxy groups -OCH3 is 3. The average Bonchev–Trinajstić information content (AvgIpc) is 2.86. The predicted octanol–water partition coefficient (Wildman–Crippen LogP) is 3.89. The van der Waals surface area contributed by atoms with Gasteiger partial charge in [0.05, 0.1) is 32.8 Å². The summed E-state index contributed by atoms with van der Waals surface area (Å²) < 4.78 is 44.0. The molecule has 1 amide bonds. The number of nitrogens with one attached hydrogen (secondary N) is 1. The van der Waals surface area contributed by atoms with Gasteiger partial charge in [-0.1, -0.05) is 30.3 Å². The lowest BCUT2D eigenvalue weighted by Gasteiger charge is -2.22. The Morgan fingerprint density at radius 2 is 1.51 bits per heavy atom. The molecule has 186 valence electrons. The van der Waals surface area contributed by atoms with Crippen LogP contribution in [0, 0.1) is 6.92 Å². The second-order valence-electron chi connectivity index (χ2n) is 7.82. The Labute approximate surface area is 206 Å². The molecule has 0 radical (unpaired) electrons. The van der Waals surface area contributed by atoms with Crippen LogP contribution < -0.4 is 19.5 Å². The first-order chi connectivity index (χ1) is 16.8. The summed E-state index contributed by atoms with van der Waals surface area (Å²) in [7, 11) is 0.590. The number of hydrogen-bond acceptors (Lipinski definition) is 6. The van der Waals surface area contributed by atoms with Gasteiger partial charge in [-0.3, -0.25) is 4.79 Å². The summed E-state index contributed by atoms with van der Waals surface area (Å²) in [5.74, 6) is 1.09. The summed E-state index contributed by atoms with van der Waals surface area (Å²) >= 11 is 0. The number of anilines is 1. The van der Waals surface area contributed by atoms with Crippen LogP contribution in [-0.4, -0.2) is 53.0 Å². The van der Waals surface area contributed by atoms with E-state index in [9.17, 15) is 13.2 Å². The smallest absolute Gasteiger partial charge is 0.243 e. The highest BCUT2D eigenvalue weighted by molar-refractivity contribution is 7.89. The molecule has 0 aromatic heterocycles. The van der Waals surface area contributed by atoms with Crippen molar-refractivity contribution in [1.29, 1.82) is 0 Å². The van der Waals surface area contributed by atoms with Crippen molar-refractivity contribution in [2.45, 2.75) is 18.2 Å². The third-order valence-electron chi connectivity index (χ3n) is 5.48. The second-order valence-corrected chi connectivity index (χ2v) is 9.76. The maximum Gasteiger partial charge on any atom is 0.243 e. The van der Waals surface area contributed by atoms with Gasteiger partial charge in [-0.2, -0.15) is 4.31 Å². The van der Waals surface area contributed by atoms with Crippen LogP contribution in [0.25, 0.3) is 0 Å². The number of benzene rings is 3. The third kappa shape index (κ3) is 6.52. The first-order valence-electron chi connectivity index (χ1n) is 11.0. The van der Waals surface area contributed by atoms with Gasteiger partial charge < -0.3 is 19.5 Å². The van der Waals surface area contributed by atoms with E-state index in [1.165, 1.54) is 31.7 Å². The summed E-state index contributed by atoms with van der Waals surface area (Å²) in [5, 5.41) is 2.75. The van der Waals surface area contributed by atoms with E-state index < -0.39 is 15.9 Å². The fourth-order valence-electron chi connectivity index (χ4n) is 3.62. The molecule has 0 heterocycles. The maximum absolute atomic E-state index is 13.5. The number of aryl methyl sites for hydroxylation is 1. The molecule has 35 heavy (non-hydrogen) atoms. The Morgan fingerprint density at radius 1 is 0.857 bits per heavy atom. The van der Waals surface area contributed by atoms with Crippen molar-refractivity contribution < 1.29 is 27.4 Å². The summed E-state index contributed by atoms with van der Waals surface area (Å²) in [6, 6.07) is 19.1. The number of hydrogen-bond donors (Lipinski definition) is 1. The number of carbonyl (C=O) groups excluding carboxylic acids is 1. The Balaban J connectivity index is 1.85. The summed E-state index contributed by atoms with van der Waals surface area (Å²) in [5.41, 5.74) is 2.12. The van der Waals surface area contributed by atoms with Gasteiger partial charge >= 0.3 is 0 Å². The van der Waals surface area contributed by atoms with E-state index >= 15 is 0 Å². The molecular formula is C26H30N2O6S. The van der Waals surface area contributed by atoms with Gasteiger partial charge in [-0.15, -0.1) is 0 Å². The van der Waals surface area contributed by atoms with Crippen molar-refractivity contribution in [3.8, 4) is 17.2 Å². The van der Waals surface area contributed by atoms with Gasteiger partial charge in [-0.05, 0) is 54.8 Å². The quantitative estimate of drug-likeness (QED) is 0.431. The van der Waals surface area contributed by atoms with Gasteiger partial charge in [0.2, 0.25) is 15.9 Å². The fourth-order valence-corrected chi connectivity index (χ4v) is 5.10. The summed E-state index contributed by atoms with van der Waals surface area (Å²) in [4.78, 5) is 13.0. The van der Waals surface area contributed by atoms with Gasteiger partial charge in [-0.25, -0.2) is 8.42 Å². The number of carbonyl (C=O) groups is 1. The van der Waals surface area contributed by atoms with E-state index in [1.54, 1.807) is 37.3 Å². The number of rotatable bonds is 11. The largest absolute Gasteiger partial charge is 0.496 e. The zero-order chi connectivity index (χ0) is 25.4. The lowest BCUT2D eigenvalue weighted by molar-refractivity contribution is -0.116. The molecule has 0 saturated carbocycles. The standard InChI is InChI=1S/C26H30N2O6S/c1-19-16-22(11-13-23(19)32-2)35(30,31)28(15-14-20-8-6-5-7-9-20)18-26(29)27-21-10-12-24(33-3)25(17-21)34-4/h5-13,16-17H,14-15,18H2,1-4H3,(H,27,29). The van der Waals surface area contributed by atoms with Crippen molar-refractivity contribution in [3.63, 3.8) is 0 Å². The molecule has 0 aliphatic rings. The van der Waals surface area contributed by atoms with Crippen LogP contribution >= 0.6 is 0 Å². The van der Waals surface area contributed by atoms with Crippen LogP contribution in [0.4, 0.5) is 5.69 Å². The van der Waals surface area contributed by atoms with Crippen molar-refractivity contribution >= 4 is 21.6 Å². The average molecular weight is 499 g/mol. The van der Waals surface area contributed by atoms with Crippen LogP contribution in [0.15, 0.2) is 71.6 Å². The Morgan fingerprint density at radius 3 is 2.14 bits per heavy atom. The summed E-state index contributed by atoms with van der Waals surface area (Å²) in [6.45, 7) is 1.56. The van der Waals surface area contributed by atoms with Crippen molar-refractivity contribution in [3.05, 3.63) is 77.9 Å². The third-order valence-corrected chi connectivity index (χ3v) is 7.33. The minimum Gasteiger partial charge on any atom is -0.496 e. The van der Waals surface area contributed by atoms with E-state index in [-0.39, 0.29) is 18.0 Å². The predicted molar refractivity (Wildman–Crippen MR) is 135 cm³/mol. The van der Waals surface area contributed by atoms with Crippen LogP contribution in [0.5, 0.6) is 17.2 Å². The first kappa shape index (κ1) is 26.1. The Hall–Kier alpha value is -3.56. The minimum atomic E-state index is -3.96. The molecule has 0 unspecified atom stereocenters. The Kier molecular flexibility index (Phi) is 8.73. The maximum atomic E-state index is 13.5. The second kappa shape index (κ2) is 11.7. The molecule has 1 N–H and O–H groups in total. The van der Waals surface area contributed by atoms with Crippen molar-refractivity contribution in [2.24, 2.45) is 0 Å². The minimum absolute atomic E-state index is 0.0998. The highest BCUT2D eigenvalue weighted by Gasteiger charge is 2.27. The van der Waals surface area contributed by atoms with Crippen molar-refractivity contribution in [1.82, 2.24) is 4.31 Å². The first-order valence-corrected chi connectivity index (χ1v) is 12.4. The van der Waals surface area contributed by atoms with E-state index in [2.05, 4.69) is 5.32 Å². The monoisotopic (exact) mass is 498 g/mol. The van der Waals surface area contributed by atoms with E-state index in [0.29, 0.717) is 34.9 Å². The molecule has 0 atom stereocenters. The molecule has 0 spiro atoms. The molecule has 0 bridgehead atoms. The zero-order valence-corrected chi connectivity index (χ0v) is 21.1. The topological polar surface area (TPSA) is 94.2 Å². The number of nitrogens with zero attached hydrogens (tertiary/aromatic N) is 1. The molecule has 3 rings (SSSR count). The van der Waals surface area contributed by atoms with Gasteiger partial charge in [0.25, 0.3) is 0 Å². The zero-order valence-electron chi connectivity index (χ0n) is 20.3. The van der Waals surface area contributed by atoms with Gasteiger partial charge in [0, 0.05) is 18.3 Å². The van der Waals surface area contributed by atoms with Crippen molar-refractivity contribution in [2.75, 3.05) is 39.7 Å². The molecular weight excluding hydrogens is 468 g/mol. The number of amides is 1. The van der Waals surface area contributed by atoms with E-state index in [1.807, 2.05) is 30.3 Å². The van der Waals surface area contributed by atoms with Crippen LogP contribution in [0.2, 0.25) is 0 Å². The fraction of sp³-hybridized carbons (Fsp3) is 0.269. The van der Waals surface area contributed by atoms with Crippen LogP contribution in [0.1, 0.15) is 11.1 Å². The highest BCUT2D eigenvalue weighted by atomic mass is 32.2. The molecule has 0 aliphatic heterocycles. The number of ether oxygens (including phenoxy) is 3. The highest BCUT2D eigenvalue weighted by Crippen LogP contribution is 2.30. The number of sulfonamides is 1. The lowest BCUT2D eigenvalue weighted by Crippen LogP contribution is -2.39. The lowest BCUT2D eigenvalue weighted by atomic mass is 10.1. The van der Waals surface area contributed by atoms with Gasteiger partial charge in [0.15, 0.2) is 11.5 Å². The molecule has 3 aromatic carbocycles. The van der Waals surface area contributed by atoms with E-state index in [4.69, 9.17) is 14.2 Å². The Bertz CT molecular complexity index is 1260. The molecule has 9 heteroatoms. The van der Waals surface area contributed by atoms with Crippen LogP contribution in [-0.2, 0) is 21.2 Å². The SMILES string of the molecule is COc1ccc(S(=O)(=O)N(CCc2ccccc2)CC(=O)Nc2ccc(OC)c(OC)c2)cc1C. The molecule has 8 nitrogen and oxygen atoms in total. The van der Waals surface area contributed by atoms with Crippen LogP contribution in [0.3, 0.4) is 0 Å². The van der Waals surface area contributed by atoms with E-state index in [0.717, 1.165) is 5.56 Å². The normalized spacial score (nSPS) is 11.2. The van der Waals surface area contributed by atoms with Gasteiger partial charge in [0.1, 0.15) is 5.75 Å². The molecule has 0 fully saturated rings. The summed E-state index contributed by atoms with van der Waals surface area (Å²) in [6.07, 6.45) is 0.457. The molecule has 0 aliphatic carbocycles. The molecule has 3 aromatic rings.